The molecule has 1 amide bonds. The summed E-state index contributed by atoms with van der Waals surface area (Å²) in [4.78, 5) is 22.8. The SMILES string of the molecule is COc1ccc(OCC(=O)Nc2ccccc2)c(C=O)c1. The molecule has 0 unspecified atom stereocenters. The first kappa shape index (κ1) is 14.6. The third kappa shape index (κ3) is 4.07. The van der Waals surface area contributed by atoms with Crippen molar-refractivity contribution in [1.82, 2.24) is 0 Å². The summed E-state index contributed by atoms with van der Waals surface area (Å²) in [6.45, 7) is -0.179. The molecule has 0 aliphatic rings. The Kier molecular flexibility index (Phi) is 4.93. The lowest BCUT2D eigenvalue weighted by molar-refractivity contribution is -0.118. The first-order valence-electron chi connectivity index (χ1n) is 6.34. The lowest BCUT2D eigenvalue weighted by Gasteiger charge is -2.10. The highest BCUT2D eigenvalue weighted by atomic mass is 16.5. The fourth-order valence-electron chi connectivity index (χ4n) is 1.74. The summed E-state index contributed by atoms with van der Waals surface area (Å²) < 4.78 is 10.4. The van der Waals surface area contributed by atoms with Gasteiger partial charge in [0.25, 0.3) is 5.91 Å². The minimum absolute atomic E-state index is 0.179. The largest absolute Gasteiger partial charge is 0.497 e. The number of hydrogen-bond acceptors (Lipinski definition) is 4. The first-order valence-corrected chi connectivity index (χ1v) is 6.34. The molecule has 0 aliphatic carbocycles. The van der Waals surface area contributed by atoms with E-state index in [0.717, 1.165) is 0 Å². The minimum Gasteiger partial charge on any atom is -0.497 e. The van der Waals surface area contributed by atoms with Crippen LogP contribution in [0.5, 0.6) is 11.5 Å². The minimum atomic E-state index is -0.297. The maximum Gasteiger partial charge on any atom is 0.262 e. The Morgan fingerprint density at radius 1 is 1.19 bits per heavy atom. The van der Waals surface area contributed by atoms with Gasteiger partial charge in [0.05, 0.1) is 12.7 Å². The Morgan fingerprint density at radius 2 is 1.95 bits per heavy atom. The summed E-state index contributed by atoms with van der Waals surface area (Å²) in [5, 5.41) is 2.70. The van der Waals surface area contributed by atoms with Crippen molar-refractivity contribution < 1.29 is 19.1 Å². The van der Waals surface area contributed by atoms with Crippen molar-refractivity contribution >= 4 is 17.9 Å². The number of hydrogen-bond donors (Lipinski definition) is 1. The Hall–Kier alpha value is -2.82. The van der Waals surface area contributed by atoms with Crippen LogP contribution in [0.3, 0.4) is 0 Å². The summed E-state index contributed by atoms with van der Waals surface area (Å²) >= 11 is 0. The molecule has 0 saturated heterocycles. The summed E-state index contributed by atoms with van der Waals surface area (Å²) in [6.07, 6.45) is 0.660. The second-order valence-corrected chi connectivity index (χ2v) is 4.22. The molecule has 0 aromatic heterocycles. The zero-order valence-corrected chi connectivity index (χ0v) is 11.5. The molecule has 2 rings (SSSR count). The molecule has 0 saturated carbocycles. The molecule has 0 heterocycles. The van der Waals surface area contributed by atoms with Crippen molar-refractivity contribution in [3.8, 4) is 11.5 Å². The van der Waals surface area contributed by atoms with E-state index in [1.54, 1.807) is 30.3 Å². The average Bonchev–Trinajstić information content (AvgIpc) is 2.53. The maximum absolute atomic E-state index is 11.8. The number of ether oxygens (including phenoxy) is 2. The number of aldehydes is 1. The highest BCUT2D eigenvalue weighted by Crippen LogP contribution is 2.22. The summed E-state index contributed by atoms with van der Waals surface area (Å²) in [5.74, 6) is 0.598. The highest BCUT2D eigenvalue weighted by molar-refractivity contribution is 5.92. The molecule has 2 aromatic rings. The molecule has 108 valence electrons. The molecule has 0 spiro atoms. The van der Waals surface area contributed by atoms with Gasteiger partial charge in [0.15, 0.2) is 12.9 Å². The van der Waals surface area contributed by atoms with Crippen LogP contribution in [-0.2, 0) is 4.79 Å². The Bertz CT molecular complexity index is 625. The number of anilines is 1. The van der Waals surface area contributed by atoms with Crippen molar-refractivity contribution in [2.24, 2.45) is 0 Å². The third-order valence-corrected chi connectivity index (χ3v) is 2.76. The number of rotatable bonds is 6. The van der Waals surface area contributed by atoms with E-state index in [1.165, 1.54) is 7.11 Å². The summed E-state index contributed by atoms with van der Waals surface area (Å²) in [5.41, 5.74) is 1.03. The van der Waals surface area contributed by atoms with E-state index < -0.39 is 0 Å². The topological polar surface area (TPSA) is 64.6 Å². The monoisotopic (exact) mass is 285 g/mol. The van der Waals surface area contributed by atoms with Gasteiger partial charge in [-0.1, -0.05) is 18.2 Å². The number of amides is 1. The maximum atomic E-state index is 11.8. The predicted molar refractivity (Wildman–Crippen MR) is 78.9 cm³/mol. The molecule has 0 atom stereocenters. The fraction of sp³-hybridized carbons (Fsp3) is 0.125. The smallest absolute Gasteiger partial charge is 0.262 e. The van der Waals surface area contributed by atoms with Gasteiger partial charge in [-0.2, -0.15) is 0 Å². The molecule has 21 heavy (non-hydrogen) atoms. The van der Waals surface area contributed by atoms with E-state index in [1.807, 2.05) is 18.2 Å². The van der Waals surface area contributed by atoms with Gasteiger partial charge in [-0.3, -0.25) is 9.59 Å². The molecule has 0 bridgehead atoms. The van der Waals surface area contributed by atoms with Gasteiger partial charge in [-0.15, -0.1) is 0 Å². The molecule has 0 aliphatic heterocycles. The number of para-hydroxylation sites is 1. The van der Waals surface area contributed by atoms with Crippen molar-refractivity contribution in [2.45, 2.75) is 0 Å². The summed E-state index contributed by atoms with van der Waals surface area (Å²) in [6, 6.07) is 13.9. The van der Waals surface area contributed by atoms with Crippen LogP contribution in [0.4, 0.5) is 5.69 Å². The van der Waals surface area contributed by atoms with Crippen LogP contribution in [0.2, 0.25) is 0 Å². The fourth-order valence-corrected chi connectivity index (χ4v) is 1.74. The van der Waals surface area contributed by atoms with E-state index in [9.17, 15) is 9.59 Å². The molecule has 1 N–H and O–H groups in total. The van der Waals surface area contributed by atoms with Gasteiger partial charge < -0.3 is 14.8 Å². The van der Waals surface area contributed by atoms with Gasteiger partial charge in [-0.25, -0.2) is 0 Å². The Morgan fingerprint density at radius 3 is 2.62 bits per heavy atom. The lowest BCUT2D eigenvalue weighted by Crippen LogP contribution is -2.20. The number of nitrogens with one attached hydrogen (secondary N) is 1. The predicted octanol–water partition coefficient (Wildman–Crippen LogP) is 2.53. The zero-order chi connectivity index (χ0) is 15.1. The molecular formula is C16H15NO4. The van der Waals surface area contributed by atoms with Crippen LogP contribution in [0.1, 0.15) is 10.4 Å². The molecule has 0 fully saturated rings. The third-order valence-electron chi connectivity index (χ3n) is 2.76. The van der Waals surface area contributed by atoms with Crippen molar-refractivity contribution in [3.63, 3.8) is 0 Å². The standard InChI is InChI=1S/C16H15NO4/c1-20-14-7-8-15(12(9-14)10-18)21-11-16(19)17-13-5-3-2-4-6-13/h2-10H,11H2,1H3,(H,17,19). The summed E-state index contributed by atoms with van der Waals surface area (Å²) in [7, 11) is 1.51. The second kappa shape index (κ2) is 7.09. The van der Waals surface area contributed by atoms with Gasteiger partial charge in [0, 0.05) is 5.69 Å². The normalized spacial score (nSPS) is 9.76. The van der Waals surface area contributed by atoms with E-state index in [4.69, 9.17) is 9.47 Å². The molecule has 0 radical (unpaired) electrons. The van der Waals surface area contributed by atoms with E-state index in [0.29, 0.717) is 29.0 Å². The highest BCUT2D eigenvalue weighted by Gasteiger charge is 2.08. The van der Waals surface area contributed by atoms with Crippen LogP contribution in [0.15, 0.2) is 48.5 Å². The Labute approximate surface area is 122 Å². The van der Waals surface area contributed by atoms with E-state index in [2.05, 4.69) is 5.32 Å². The van der Waals surface area contributed by atoms with Crippen molar-refractivity contribution in [1.29, 1.82) is 0 Å². The first-order chi connectivity index (χ1) is 10.2. The number of methoxy groups -OCH3 is 1. The number of benzene rings is 2. The molecule has 5 heteroatoms. The van der Waals surface area contributed by atoms with Crippen LogP contribution in [-0.4, -0.2) is 25.9 Å². The van der Waals surface area contributed by atoms with Gasteiger partial charge in [-0.05, 0) is 30.3 Å². The van der Waals surface area contributed by atoms with Crippen molar-refractivity contribution in [2.75, 3.05) is 19.0 Å². The second-order valence-electron chi connectivity index (χ2n) is 4.22. The van der Waals surface area contributed by atoms with Crippen LogP contribution >= 0.6 is 0 Å². The van der Waals surface area contributed by atoms with Crippen LogP contribution in [0.25, 0.3) is 0 Å². The van der Waals surface area contributed by atoms with Crippen LogP contribution < -0.4 is 14.8 Å². The number of carbonyl (C=O) groups is 2. The van der Waals surface area contributed by atoms with Crippen LogP contribution in [0, 0.1) is 0 Å². The molecule has 2 aromatic carbocycles. The Balaban J connectivity index is 1.96. The van der Waals surface area contributed by atoms with E-state index in [-0.39, 0.29) is 12.5 Å². The average molecular weight is 285 g/mol. The molecule has 5 nitrogen and oxygen atoms in total. The van der Waals surface area contributed by atoms with Gasteiger partial charge in [0.2, 0.25) is 0 Å². The van der Waals surface area contributed by atoms with Crippen molar-refractivity contribution in [3.05, 3.63) is 54.1 Å². The van der Waals surface area contributed by atoms with Gasteiger partial charge >= 0.3 is 0 Å². The number of carbonyl (C=O) groups excluding carboxylic acids is 2. The van der Waals surface area contributed by atoms with E-state index >= 15 is 0 Å². The molecular weight excluding hydrogens is 270 g/mol. The quantitative estimate of drug-likeness (QED) is 0.828. The van der Waals surface area contributed by atoms with Gasteiger partial charge in [0.1, 0.15) is 11.5 Å². The lowest BCUT2D eigenvalue weighted by atomic mass is 10.2. The zero-order valence-electron chi connectivity index (χ0n) is 11.5.